The highest BCUT2D eigenvalue weighted by molar-refractivity contribution is 6.24. The summed E-state index contributed by atoms with van der Waals surface area (Å²) in [5, 5.41) is 2.07. The lowest BCUT2D eigenvalue weighted by atomic mass is 9.78. The van der Waals surface area contributed by atoms with Gasteiger partial charge in [-0.25, -0.2) is 0 Å². The lowest BCUT2D eigenvalue weighted by Gasteiger charge is -2.24. The van der Waals surface area contributed by atoms with Crippen molar-refractivity contribution < 1.29 is 23.8 Å². The Morgan fingerprint density at radius 1 is 0.589 bits per heavy atom. The van der Waals surface area contributed by atoms with E-state index < -0.39 is 17.4 Å². The largest absolute Gasteiger partial charge is 0.468 e. The number of rotatable bonds is 3. The highest BCUT2D eigenvalue weighted by Crippen LogP contribution is 2.63. The monoisotopic (exact) mass is 724 g/mol. The van der Waals surface area contributed by atoms with Crippen molar-refractivity contribution in [1.82, 2.24) is 0 Å². The number of methoxy groups -OCH3 is 2. The Kier molecular flexibility index (Phi) is 7.79. The third-order valence-electron chi connectivity index (χ3n) is 11.5. The molecular formula is C51H32O5. The number of carbonyl (C=O) groups is 2. The summed E-state index contributed by atoms with van der Waals surface area (Å²) in [4.78, 5) is 27.8. The molecule has 0 aromatic heterocycles. The molecule has 4 aliphatic rings. The van der Waals surface area contributed by atoms with Gasteiger partial charge < -0.3 is 14.2 Å². The maximum Gasteiger partial charge on any atom is 0.323 e. The van der Waals surface area contributed by atoms with E-state index in [2.05, 4.69) is 84.1 Å². The van der Waals surface area contributed by atoms with Crippen molar-refractivity contribution in [3.05, 3.63) is 166 Å². The second-order valence-electron chi connectivity index (χ2n) is 14.4. The van der Waals surface area contributed by atoms with Gasteiger partial charge in [0.2, 0.25) is 0 Å². The minimum absolute atomic E-state index is 0.0798. The Labute approximate surface area is 324 Å². The van der Waals surface area contributed by atoms with Crippen LogP contribution in [-0.4, -0.2) is 26.2 Å². The molecule has 5 heteroatoms. The minimum atomic E-state index is -1.59. The van der Waals surface area contributed by atoms with Crippen LogP contribution in [0.4, 0.5) is 0 Å². The van der Waals surface area contributed by atoms with Crippen LogP contribution in [0.5, 0.6) is 0 Å². The van der Waals surface area contributed by atoms with Gasteiger partial charge in [0.15, 0.2) is 5.41 Å². The predicted molar refractivity (Wildman–Crippen MR) is 216 cm³/mol. The summed E-state index contributed by atoms with van der Waals surface area (Å²) in [6.45, 7) is 0. The van der Waals surface area contributed by atoms with Gasteiger partial charge in [0, 0.05) is 40.7 Å². The van der Waals surface area contributed by atoms with Crippen LogP contribution in [0.3, 0.4) is 0 Å². The SMILES string of the molecule is COC(=O)C1(C(=O)OC)Cc2c(C#Cc3ccccc3C#CC#Cc3ccccc3)c3c4c(c5c(c(-c6ccccc6)c4c2C1)[C@H]1C=C[C@@H]5O1)-c1ccccc1-3. The zero-order valence-corrected chi connectivity index (χ0v) is 30.7. The molecule has 0 amide bonds. The summed E-state index contributed by atoms with van der Waals surface area (Å²) in [6, 6.07) is 36.3. The number of esters is 2. The second kappa shape index (κ2) is 13.0. The molecule has 2 bridgehead atoms. The summed E-state index contributed by atoms with van der Waals surface area (Å²) in [5.41, 5.74) is 12.0. The molecule has 0 radical (unpaired) electrons. The Hall–Kier alpha value is -7.10. The minimum Gasteiger partial charge on any atom is -0.468 e. The Morgan fingerprint density at radius 3 is 1.82 bits per heavy atom. The molecule has 0 N–H and O–H groups in total. The summed E-state index contributed by atoms with van der Waals surface area (Å²) in [7, 11) is 2.64. The molecule has 2 heterocycles. The van der Waals surface area contributed by atoms with E-state index in [4.69, 9.17) is 14.2 Å². The summed E-state index contributed by atoms with van der Waals surface area (Å²) < 4.78 is 17.4. The Balaban J connectivity index is 1.28. The number of hydrogen-bond acceptors (Lipinski definition) is 5. The van der Waals surface area contributed by atoms with Crippen molar-refractivity contribution in [3.8, 4) is 68.9 Å². The van der Waals surface area contributed by atoms with Gasteiger partial charge in [0.1, 0.15) is 12.2 Å². The normalized spacial score (nSPS) is 16.7. The van der Waals surface area contributed by atoms with E-state index in [9.17, 15) is 9.59 Å². The standard InChI is InChI=1S/C51H32O5/c1-54-49(52)51(50(53)55-2)29-38-37(26-25-33-20-12-11-19-32(33)18-10-9-17-31-15-5-3-6-16-31)43-35-23-13-14-24-36(35)44-47-41-28-27-40(56-41)46(47)42(34-21-7-4-8-22-34)45(48(43)44)39(38)30-51/h3-8,11-16,19-24,27-28,40-41H,29-30H2,1-2H3/t40-,41+/m1/s1. The Bertz CT molecular complexity index is 2900. The molecular weight excluding hydrogens is 693 g/mol. The second-order valence-corrected chi connectivity index (χ2v) is 14.4. The molecule has 0 fully saturated rings. The van der Waals surface area contributed by atoms with Gasteiger partial charge in [-0.1, -0.05) is 121 Å². The molecule has 2 atom stereocenters. The van der Waals surface area contributed by atoms with Crippen LogP contribution in [-0.2, 0) is 36.6 Å². The van der Waals surface area contributed by atoms with Crippen molar-refractivity contribution in [1.29, 1.82) is 0 Å². The van der Waals surface area contributed by atoms with Crippen molar-refractivity contribution in [2.24, 2.45) is 5.41 Å². The summed E-state index contributed by atoms with van der Waals surface area (Å²) in [5.74, 6) is 18.1. The third-order valence-corrected chi connectivity index (χ3v) is 11.5. The van der Waals surface area contributed by atoms with Crippen molar-refractivity contribution >= 4 is 22.7 Å². The molecule has 56 heavy (non-hydrogen) atoms. The quantitative estimate of drug-likeness (QED) is 0.0788. The molecule has 6 aromatic rings. The highest BCUT2D eigenvalue weighted by atomic mass is 16.5. The number of hydrogen-bond donors (Lipinski definition) is 0. The maximum atomic E-state index is 13.9. The topological polar surface area (TPSA) is 61.8 Å². The van der Waals surface area contributed by atoms with Crippen molar-refractivity contribution in [2.45, 2.75) is 25.0 Å². The Morgan fingerprint density at radius 2 is 1.14 bits per heavy atom. The number of ether oxygens (including phenoxy) is 3. The lowest BCUT2D eigenvalue weighted by Crippen LogP contribution is -2.42. The average molecular weight is 725 g/mol. The first kappa shape index (κ1) is 33.5. The van der Waals surface area contributed by atoms with Gasteiger partial charge in [0.25, 0.3) is 0 Å². The van der Waals surface area contributed by atoms with Gasteiger partial charge in [-0.3, -0.25) is 9.59 Å². The molecule has 2 aliphatic heterocycles. The summed E-state index contributed by atoms with van der Waals surface area (Å²) in [6.07, 6.45) is 4.06. The van der Waals surface area contributed by atoms with Crippen LogP contribution in [0, 0.1) is 40.9 Å². The molecule has 0 spiro atoms. The molecule has 0 saturated heterocycles. The molecule has 0 saturated carbocycles. The average Bonchev–Trinajstić information content (AvgIpc) is 4.05. The van der Waals surface area contributed by atoms with Gasteiger partial charge in [-0.05, 0) is 96.9 Å². The van der Waals surface area contributed by atoms with Crippen molar-refractivity contribution in [2.75, 3.05) is 14.2 Å². The maximum absolute atomic E-state index is 13.9. The van der Waals surface area contributed by atoms with Crippen LogP contribution >= 0.6 is 0 Å². The van der Waals surface area contributed by atoms with E-state index in [1.807, 2.05) is 72.8 Å². The van der Waals surface area contributed by atoms with Crippen LogP contribution < -0.4 is 0 Å². The lowest BCUT2D eigenvalue weighted by molar-refractivity contribution is -0.168. The first-order valence-corrected chi connectivity index (χ1v) is 18.6. The fourth-order valence-electron chi connectivity index (χ4n) is 9.17. The smallest absolute Gasteiger partial charge is 0.323 e. The van der Waals surface area contributed by atoms with Crippen LogP contribution in [0.15, 0.2) is 121 Å². The van der Waals surface area contributed by atoms with Gasteiger partial charge in [0.05, 0.1) is 14.2 Å². The van der Waals surface area contributed by atoms with E-state index in [1.165, 1.54) is 14.2 Å². The van der Waals surface area contributed by atoms with Crippen molar-refractivity contribution in [3.63, 3.8) is 0 Å². The molecule has 266 valence electrons. The van der Waals surface area contributed by atoms with E-state index in [-0.39, 0.29) is 25.0 Å². The fourth-order valence-corrected chi connectivity index (χ4v) is 9.17. The zero-order valence-electron chi connectivity index (χ0n) is 30.7. The van der Waals surface area contributed by atoms with E-state index in [0.717, 1.165) is 88.7 Å². The molecule has 10 rings (SSSR count). The van der Waals surface area contributed by atoms with Gasteiger partial charge in [-0.2, -0.15) is 0 Å². The zero-order chi connectivity index (χ0) is 38.0. The number of fused-ring (bicyclic) bond motifs is 11. The highest BCUT2D eigenvalue weighted by Gasteiger charge is 2.55. The van der Waals surface area contributed by atoms with E-state index >= 15 is 0 Å². The van der Waals surface area contributed by atoms with Crippen LogP contribution in [0.25, 0.3) is 44.2 Å². The molecule has 5 nitrogen and oxygen atoms in total. The van der Waals surface area contributed by atoms with Gasteiger partial charge in [-0.15, -0.1) is 0 Å². The van der Waals surface area contributed by atoms with Gasteiger partial charge >= 0.3 is 11.9 Å². The molecule has 0 unspecified atom stereocenters. The summed E-state index contributed by atoms with van der Waals surface area (Å²) >= 11 is 0. The first-order valence-electron chi connectivity index (χ1n) is 18.6. The van der Waals surface area contributed by atoms with Crippen LogP contribution in [0.2, 0.25) is 0 Å². The van der Waals surface area contributed by atoms with Crippen LogP contribution in [0.1, 0.15) is 56.7 Å². The van der Waals surface area contributed by atoms with E-state index in [0.29, 0.717) is 0 Å². The number of benzene rings is 6. The van der Waals surface area contributed by atoms with E-state index in [1.54, 1.807) is 0 Å². The molecule has 6 aromatic carbocycles. The fraction of sp³-hybridized carbons (Fsp3) is 0.137. The first-order chi connectivity index (χ1) is 27.5. The molecule has 2 aliphatic carbocycles. The predicted octanol–water partition coefficient (Wildman–Crippen LogP) is 9.07. The third kappa shape index (κ3) is 4.91. The number of carbonyl (C=O) groups excluding carboxylic acids is 2.